The molecule has 0 saturated heterocycles. The van der Waals surface area contributed by atoms with Crippen molar-refractivity contribution in [1.29, 1.82) is 0 Å². The van der Waals surface area contributed by atoms with E-state index in [2.05, 4.69) is 9.13 Å². The number of rotatable bonds is 10. The van der Waals surface area contributed by atoms with E-state index in [9.17, 15) is 14.9 Å². The summed E-state index contributed by atoms with van der Waals surface area (Å²) < 4.78 is 4.24. The molecule has 1 aromatic heterocycles. The van der Waals surface area contributed by atoms with Crippen molar-refractivity contribution in [3.63, 3.8) is 0 Å². The van der Waals surface area contributed by atoms with Crippen LogP contribution in [0.5, 0.6) is 0 Å². The highest BCUT2D eigenvalue weighted by Crippen LogP contribution is 2.36. The van der Waals surface area contributed by atoms with Crippen LogP contribution in [0.15, 0.2) is 103 Å². The Bertz CT molecular complexity index is 1330. The Morgan fingerprint density at radius 1 is 1.00 bits per heavy atom. The average molecular weight is 561 g/mol. The number of primary amides is 1. The molecule has 7 nitrogen and oxygen atoms in total. The van der Waals surface area contributed by atoms with Gasteiger partial charge in [-0.05, 0) is 34.9 Å². The van der Waals surface area contributed by atoms with Gasteiger partial charge in [-0.15, -0.1) is 0 Å². The van der Waals surface area contributed by atoms with Crippen molar-refractivity contribution in [3.05, 3.63) is 136 Å². The smallest absolute Gasteiger partial charge is 0.269 e. The first kappa shape index (κ1) is 27.5. The van der Waals surface area contributed by atoms with E-state index in [1.165, 1.54) is 12.1 Å². The Morgan fingerprint density at radius 2 is 1.57 bits per heavy atom. The molecular formula is C29H29BrN4O3. The predicted octanol–water partition coefficient (Wildman–Crippen LogP) is 1.57. The first-order valence-electron chi connectivity index (χ1n) is 11.8. The van der Waals surface area contributed by atoms with Crippen molar-refractivity contribution in [3.8, 4) is 0 Å². The number of nitrogens with zero attached hydrogens (tertiary/aromatic N) is 3. The number of imidazole rings is 1. The van der Waals surface area contributed by atoms with Gasteiger partial charge >= 0.3 is 0 Å². The quantitative estimate of drug-likeness (QED) is 0.181. The molecule has 0 spiro atoms. The largest absolute Gasteiger partial charge is 1.00 e. The molecular weight excluding hydrogens is 532 g/mol. The molecule has 0 aliphatic carbocycles. The predicted molar refractivity (Wildman–Crippen MR) is 139 cm³/mol. The van der Waals surface area contributed by atoms with Gasteiger partial charge in [0.1, 0.15) is 24.4 Å². The van der Waals surface area contributed by atoms with Gasteiger partial charge in [0.05, 0.1) is 11.5 Å². The Morgan fingerprint density at radius 3 is 2.08 bits per heavy atom. The number of hydrogen-bond acceptors (Lipinski definition) is 3. The molecule has 4 aromatic rings. The van der Waals surface area contributed by atoms with Crippen LogP contribution < -0.4 is 27.3 Å². The second kappa shape index (κ2) is 12.3. The number of aryl methyl sites for hydroxylation is 1. The van der Waals surface area contributed by atoms with Crippen molar-refractivity contribution in [1.82, 2.24) is 4.57 Å². The fourth-order valence-corrected chi connectivity index (χ4v) is 4.58. The highest BCUT2D eigenvalue weighted by Gasteiger charge is 2.40. The number of nitrogens with two attached hydrogens (primary N) is 1. The Balaban J connectivity index is 0.00000380. The topological polar surface area (TPSA) is 95.0 Å². The van der Waals surface area contributed by atoms with Crippen molar-refractivity contribution in [2.45, 2.75) is 31.8 Å². The van der Waals surface area contributed by atoms with Gasteiger partial charge in [-0.2, -0.15) is 0 Å². The summed E-state index contributed by atoms with van der Waals surface area (Å²) in [5.41, 5.74) is 7.88. The molecule has 0 aliphatic heterocycles. The Labute approximate surface area is 226 Å². The molecule has 3 aromatic carbocycles. The lowest BCUT2D eigenvalue weighted by Gasteiger charge is -2.31. The van der Waals surface area contributed by atoms with Crippen LogP contribution in [-0.2, 0) is 23.3 Å². The van der Waals surface area contributed by atoms with Crippen molar-refractivity contribution in [2.24, 2.45) is 5.73 Å². The lowest BCUT2D eigenvalue weighted by Crippen LogP contribution is -3.00. The van der Waals surface area contributed by atoms with Crippen LogP contribution in [0, 0.1) is 17.0 Å². The summed E-state index contributed by atoms with van der Waals surface area (Å²) in [6.07, 6.45) is 8.49. The molecule has 0 atom stereocenters. The number of amides is 1. The number of hydrogen-bond donors (Lipinski definition) is 1. The molecule has 0 radical (unpaired) electrons. The molecule has 0 saturated carbocycles. The number of aromatic nitrogens is 2. The molecule has 2 N–H and O–H groups in total. The standard InChI is InChI=1S/C29H28N4O3.BrH/c1-23-31(19-8-9-24-14-16-27(17-15-24)33(35)36)21-22-32(23)20-18-29(28(30)34,25-10-4-2-5-11-25)26-12-6-3-7-13-26;/h2-17,21-22H,18-20H2,1H3,(H-,30,34);1H/b9-8+;. The highest BCUT2D eigenvalue weighted by atomic mass is 79.9. The van der Waals surface area contributed by atoms with E-state index in [1.54, 1.807) is 12.1 Å². The van der Waals surface area contributed by atoms with E-state index in [1.807, 2.05) is 92.1 Å². The average Bonchev–Trinajstić information content (AvgIpc) is 3.25. The number of nitro groups is 1. The van der Waals surface area contributed by atoms with E-state index in [4.69, 9.17) is 5.73 Å². The maximum atomic E-state index is 13.0. The summed E-state index contributed by atoms with van der Waals surface area (Å²) in [4.78, 5) is 23.4. The number of nitro benzene ring substituents is 1. The van der Waals surface area contributed by atoms with Crippen LogP contribution in [0.1, 0.15) is 28.9 Å². The van der Waals surface area contributed by atoms with E-state index in [-0.39, 0.29) is 28.6 Å². The Hall–Kier alpha value is -4.04. The minimum Gasteiger partial charge on any atom is -1.00 e. The minimum atomic E-state index is -0.945. The molecule has 8 heteroatoms. The van der Waals surface area contributed by atoms with Gasteiger partial charge in [0, 0.05) is 25.5 Å². The minimum absolute atomic E-state index is 0. The summed E-state index contributed by atoms with van der Waals surface area (Å²) in [5.74, 6) is 0.673. The SMILES string of the molecule is Cc1n(CCC(C(N)=O)(c2ccccc2)c2ccccc2)cc[n+]1C/C=C/c1ccc([N+](=O)[O-])cc1.[Br-]. The third kappa shape index (κ3) is 6.03. The summed E-state index contributed by atoms with van der Waals surface area (Å²) >= 11 is 0. The first-order valence-corrected chi connectivity index (χ1v) is 11.8. The van der Waals surface area contributed by atoms with Gasteiger partial charge in [0.2, 0.25) is 5.91 Å². The van der Waals surface area contributed by atoms with E-state index in [0.717, 1.165) is 22.5 Å². The molecule has 0 fully saturated rings. The normalized spacial score (nSPS) is 11.3. The van der Waals surface area contributed by atoms with Crippen LogP contribution in [0.4, 0.5) is 5.69 Å². The molecule has 190 valence electrons. The molecule has 0 unspecified atom stereocenters. The van der Waals surface area contributed by atoms with E-state index >= 15 is 0 Å². The monoisotopic (exact) mass is 560 g/mol. The third-order valence-electron chi connectivity index (χ3n) is 6.66. The van der Waals surface area contributed by atoms with Crippen molar-refractivity contribution in [2.75, 3.05) is 0 Å². The van der Waals surface area contributed by atoms with Gasteiger partial charge in [0.15, 0.2) is 0 Å². The van der Waals surface area contributed by atoms with Gasteiger partial charge in [-0.3, -0.25) is 14.9 Å². The fraction of sp³-hybridized carbons (Fsp3) is 0.172. The number of allylic oxidation sites excluding steroid dienone is 1. The van der Waals surface area contributed by atoms with Crippen LogP contribution in [-0.4, -0.2) is 15.4 Å². The zero-order chi connectivity index (χ0) is 25.5. The van der Waals surface area contributed by atoms with E-state index in [0.29, 0.717) is 19.5 Å². The van der Waals surface area contributed by atoms with Gasteiger partial charge < -0.3 is 22.7 Å². The van der Waals surface area contributed by atoms with Gasteiger partial charge in [-0.25, -0.2) is 9.13 Å². The molecule has 1 amide bonds. The molecule has 1 heterocycles. The van der Waals surface area contributed by atoms with Crippen LogP contribution in [0.3, 0.4) is 0 Å². The maximum absolute atomic E-state index is 13.0. The number of non-ortho nitro benzene ring substituents is 1. The highest BCUT2D eigenvalue weighted by molar-refractivity contribution is 5.90. The second-order valence-corrected chi connectivity index (χ2v) is 8.69. The zero-order valence-electron chi connectivity index (χ0n) is 20.5. The summed E-state index contributed by atoms with van der Waals surface area (Å²) in [6.45, 7) is 3.29. The number of halogens is 1. The zero-order valence-corrected chi connectivity index (χ0v) is 22.1. The second-order valence-electron chi connectivity index (χ2n) is 8.69. The molecule has 0 aliphatic rings. The van der Waals surface area contributed by atoms with Crippen LogP contribution in [0.2, 0.25) is 0 Å². The number of carbonyl (C=O) groups excluding carboxylic acids is 1. The molecule has 0 bridgehead atoms. The van der Waals surface area contributed by atoms with Gasteiger partial charge in [-0.1, -0.05) is 66.7 Å². The maximum Gasteiger partial charge on any atom is 0.269 e. The summed E-state index contributed by atoms with van der Waals surface area (Å²) in [5, 5.41) is 10.8. The third-order valence-corrected chi connectivity index (χ3v) is 6.66. The summed E-state index contributed by atoms with van der Waals surface area (Å²) in [6, 6.07) is 25.9. The fourth-order valence-electron chi connectivity index (χ4n) is 4.58. The lowest BCUT2D eigenvalue weighted by molar-refractivity contribution is -0.692. The van der Waals surface area contributed by atoms with Crippen molar-refractivity contribution >= 4 is 17.7 Å². The van der Waals surface area contributed by atoms with E-state index < -0.39 is 10.3 Å². The first-order chi connectivity index (χ1) is 17.4. The number of carbonyl (C=O) groups is 1. The molecule has 37 heavy (non-hydrogen) atoms. The number of benzene rings is 3. The summed E-state index contributed by atoms with van der Waals surface area (Å²) in [7, 11) is 0. The van der Waals surface area contributed by atoms with Gasteiger partial charge in [0.25, 0.3) is 11.5 Å². The van der Waals surface area contributed by atoms with Crippen LogP contribution in [0.25, 0.3) is 6.08 Å². The van der Waals surface area contributed by atoms with Crippen LogP contribution >= 0.6 is 0 Å². The lowest BCUT2D eigenvalue weighted by atomic mass is 9.71. The molecule has 4 rings (SSSR count). The van der Waals surface area contributed by atoms with Crippen molar-refractivity contribution < 1.29 is 31.3 Å². The Kier molecular flexibility index (Phi) is 9.14.